The summed E-state index contributed by atoms with van der Waals surface area (Å²) in [7, 11) is 1.68. The molecular weight excluding hydrogens is 252 g/mol. The molecule has 4 nitrogen and oxygen atoms in total. The van der Waals surface area contributed by atoms with Crippen LogP contribution in [0.15, 0.2) is 30.5 Å². The number of piperidine rings is 1. The Kier molecular flexibility index (Phi) is 3.49. The Hall–Kier alpha value is -1.81. The number of anilines is 1. The Bertz CT molecular complexity index is 614. The molecule has 20 heavy (non-hydrogen) atoms. The second-order valence-electron chi connectivity index (χ2n) is 5.50. The van der Waals surface area contributed by atoms with Crippen LogP contribution in [0.3, 0.4) is 0 Å². The molecule has 106 valence electrons. The number of aliphatic hydroxyl groups is 1. The van der Waals surface area contributed by atoms with Gasteiger partial charge in [-0.3, -0.25) is 0 Å². The molecule has 2 unspecified atom stereocenters. The number of hydrogen-bond donors (Lipinski definition) is 1. The van der Waals surface area contributed by atoms with Gasteiger partial charge in [-0.15, -0.1) is 0 Å². The van der Waals surface area contributed by atoms with Gasteiger partial charge in [-0.2, -0.15) is 0 Å². The molecule has 4 heteroatoms. The van der Waals surface area contributed by atoms with E-state index in [1.165, 1.54) is 0 Å². The lowest BCUT2D eigenvalue weighted by molar-refractivity contribution is 0.0969. The monoisotopic (exact) mass is 272 g/mol. The van der Waals surface area contributed by atoms with E-state index in [-0.39, 0.29) is 12.0 Å². The van der Waals surface area contributed by atoms with Crippen molar-refractivity contribution in [3.63, 3.8) is 0 Å². The maximum Gasteiger partial charge on any atom is 0.136 e. The Morgan fingerprint density at radius 1 is 1.35 bits per heavy atom. The lowest BCUT2D eigenvalue weighted by atomic mass is 9.96. The summed E-state index contributed by atoms with van der Waals surface area (Å²) in [5, 5.41) is 12.1. The van der Waals surface area contributed by atoms with E-state index in [0.717, 1.165) is 41.9 Å². The molecule has 0 amide bonds. The van der Waals surface area contributed by atoms with Crippen molar-refractivity contribution in [1.29, 1.82) is 0 Å². The van der Waals surface area contributed by atoms with Crippen molar-refractivity contribution in [2.24, 2.45) is 5.92 Å². The van der Waals surface area contributed by atoms with Crippen molar-refractivity contribution in [1.82, 2.24) is 4.98 Å². The van der Waals surface area contributed by atoms with Crippen LogP contribution in [-0.4, -0.2) is 36.4 Å². The van der Waals surface area contributed by atoms with Gasteiger partial charge in [-0.1, -0.05) is 6.92 Å². The van der Waals surface area contributed by atoms with Crippen molar-refractivity contribution < 1.29 is 9.84 Å². The molecule has 0 bridgehead atoms. The number of ether oxygens (including phenoxy) is 1. The van der Waals surface area contributed by atoms with Gasteiger partial charge in [0.15, 0.2) is 0 Å². The highest BCUT2D eigenvalue weighted by atomic mass is 16.5. The van der Waals surface area contributed by atoms with Crippen LogP contribution in [0.2, 0.25) is 0 Å². The third-order valence-corrected chi connectivity index (χ3v) is 4.11. The molecule has 1 aliphatic heterocycles. The molecule has 0 aliphatic carbocycles. The molecule has 0 saturated carbocycles. The summed E-state index contributed by atoms with van der Waals surface area (Å²) in [6, 6.07) is 8.06. The van der Waals surface area contributed by atoms with Crippen molar-refractivity contribution in [3.05, 3.63) is 30.5 Å². The standard InChI is InChI=1S/C16H20N2O2/c1-11-10-18(8-6-15(11)19)16-14-4-3-13(20-2)9-12(14)5-7-17-16/h3-5,7,9,11,15,19H,6,8,10H2,1-2H3. The molecule has 1 aliphatic rings. The highest BCUT2D eigenvalue weighted by Crippen LogP contribution is 2.30. The smallest absolute Gasteiger partial charge is 0.136 e. The first kappa shape index (κ1) is 13.2. The summed E-state index contributed by atoms with van der Waals surface area (Å²) in [5.41, 5.74) is 0. The molecule has 1 aromatic carbocycles. The molecule has 3 rings (SSSR count). The first-order chi connectivity index (χ1) is 9.69. The summed E-state index contributed by atoms with van der Waals surface area (Å²) in [6.07, 6.45) is 2.45. The summed E-state index contributed by atoms with van der Waals surface area (Å²) in [6.45, 7) is 3.79. The lowest BCUT2D eigenvalue weighted by Crippen LogP contribution is -2.42. The van der Waals surface area contributed by atoms with Crippen LogP contribution in [0.5, 0.6) is 5.75 Å². The van der Waals surface area contributed by atoms with Gasteiger partial charge in [0.05, 0.1) is 13.2 Å². The number of aliphatic hydroxyl groups excluding tert-OH is 1. The minimum Gasteiger partial charge on any atom is -0.497 e. The van der Waals surface area contributed by atoms with Gasteiger partial charge < -0.3 is 14.7 Å². The van der Waals surface area contributed by atoms with E-state index in [9.17, 15) is 5.11 Å². The SMILES string of the molecule is COc1ccc2c(N3CCC(O)C(C)C3)nccc2c1. The number of rotatable bonds is 2. The normalized spacial score (nSPS) is 23.1. The molecule has 2 atom stereocenters. The molecule has 1 N–H and O–H groups in total. The molecule has 0 spiro atoms. The number of benzene rings is 1. The lowest BCUT2D eigenvalue weighted by Gasteiger charge is -2.35. The molecule has 2 heterocycles. The number of fused-ring (bicyclic) bond motifs is 1. The number of methoxy groups -OCH3 is 1. The third kappa shape index (κ3) is 2.31. The fraction of sp³-hybridized carbons (Fsp3) is 0.438. The fourth-order valence-corrected chi connectivity index (χ4v) is 2.84. The maximum absolute atomic E-state index is 9.86. The van der Waals surface area contributed by atoms with E-state index in [0.29, 0.717) is 0 Å². The predicted molar refractivity (Wildman–Crippen MR) is 80.3 cm³/mol. The van der Waals surface area contributed by atoms with Crippen LogP contribution in [0, 0.1) is 5.92 Å². The highest BCUT2D eigenvalue weighted by Gasteiger charge is 2.25. The number of pyridine rings is 1. The zero-order valence-corrected chi connectivity index (χ0v) is 11.9. The first-order valence-corrected chi connectivity index (χ1v) is 7.05. The van der Waals surface area contributed by atoms with Gasteiger partial charge in [-0.05, 0) is 42.0 Å². The molecule has 0 radical (unpaired) electrons. The topological polar surface area (TPSA) is 45.6 Å². The van der Waals surface area contributed by atoms with Gasteiger partial charge in [-0.25, -0.2) is 4.98 Å². The van der Waals surface area contributed by atoms with Crippen LogP contribution in [0.4, 0.5) is 5.82 Å². The minimum absolute atomic E-state index is 0.193. The van der Waals surface area contributed by atoms with Gasteiger partial charge in [0, 0.05) is 24.7 Å². The van der Waals surface area contributed by atoms with Crippen molar-refractivity contribution in [2.45, 2.75) is 19.4 Å². The number of hydrogen-bond acceptors (Lipinski definition) is 4. The summed E-state index contributed by atoms with van der Waals surface area (Å²) >= 11 is 0. The van der Waals surface area contributed by atoms with E-state index < -0.39 is 0 Å². The van der Waals surface area contributed by atoms with Gasteiger partial charge in [0.2, 0.25) is 0 Å². The fourth-order valence-electron chi connectivity index (χ4n) is 2.84. The molecule has 1 fully saturated rings. The first-order valence-electron chi connectivity index (χ1n) is 7.05. The Labute approximate surface area is 119 Å². The van der Waals surface area contributed by atoms with Gasteiger partial charge in [0.25, 0.3) is 0 Å². The average Bonchev–Trinajstić information content (AvgIpc) is 2.49. The van der Waals surface area contributed by atoms with E-state index in [1.807, 2.05) is 24.4 Å². The van der Waals surface area contributed by atoms with Crippen LogP contribution in [-0.2, 0) is 0 Å². The second kappa shape index (κ2) is 5.29. The van der Waals surface area contributed by atoms with Crippen molar-refractivity contribution >= 4 is 16.6 Å². The highest BCUT2D eigenvalue weighted by molar-refractivity contribution is 5.93. The molecular formula is C16H20N2O2. The minimum atomic E-state index is -0.193. The van der Waals surface area contributed by atoms with Gasteiger partial charge in [0.1, 0.15) is 11.6 Å². The zero-order chi connectivity index (χ0) is 14.1. The Balaban J connectivity index is 1.99. The van der Waals surface area contributed by atoms with Crippen LogP contribution < -0.4 is 9.64 Å². The van der Waals surface area contributed by atoms with Crippen LogP contribution in [0.25, 0.3) is 10.8 Å². The molecule has 2 aromatic rings. The quantitative estimate of drug-likeness (QED) is 0.912. The van der Waals surface area contributed by atoms with Gasteiger partial charge >= 0.3 is 0 Å². The van der Waals surface area contributed by atoms with E-state index in [2.05, 4.69) is 22.9 Å². The summed E-state index contributed by atoms with van der Waals surface area (Å²) < 4.78 is 5.27. The maximum atomic E-state index is 9.86. The zero-order valence-electron chi connectivity index (χ0n) is 11.9. The average molecular weight is 272 g/mol. The van der Waals surface area contributed by atoms with Crippen LogP contribution in [0.1, 0.15) is 13.3 Å². The van der Waals surface area contributed by atoms with E-state index in [1.54, 1.807) is 7.11 Å². The largest absolute Gasteiger partial charge is 0.497 e. The Morgan fingerprint density at radius 2 is 2.20 bits per heavy atom. The van der Waals surface area contributed by atoms with Crippen LogP contribution >= 0.6 is 0 Å². The van der Waals surface area contributed by atoms with E-state index >= 15 is 0 Å². The van der Waals surface area contributed by atoms with E-state index in [4.69, 9.17) is 4.74 Å². The van der Waals surface area contributed by atoms with Crippen molar-refractivity contribution in [3.8, 4) is 5.75 Å². The third-order valence-electron chi connectivity index (χ3n) is 4.11. The molecule has 1 aromatic heterocycles. The number of nitrogens with zero attached hydrogens (tertiary/aromatic N) is 2. The predicted octanol–water partition coefficient (Wildman–Crippen LogP) is 2.45. The summed E-state index contributed by atoms with van der Waals surface area (Å²) in [5.74, 6) is 2.14. The summed E-state index contributed by atoms with van der Waals surface area (Å²) in [4.78, 5) is 6.82. The molecule has 1 saturated heterocycles. The van der Waals surface area contributed by atoms with Crippen molar-refractivity contribution in [2.75, 3.05) is 25.1 Å². The number of aromatic nitrogens is 1. The Morgan fingerprint density at radius 3 is 2.95 bits per heavy atom. The second-order valence-corrected chi connectivity index (χ2v) is 5.50.